The lowest BCUT2D eigenvalue weighted by Crippen LogP contribution is -2.51. The molecule has 0 aromatic rings. The van der Waals surface area contributed by atoms with Gasteiger partial charge in [-0.2, -0.15) is 0 Å². The smallest absolute Gasteiger partial charge is 0.334 e. The molecule has 2 aliphatic carbocycles. The molecule has 0 bridgehead atoms. The van der Waals surface area contributed by atoms with Crippen LogP contribution in [0.25, 0.3) is 0 Å². The van der Waals surface area contributed by atoms with E-state index in [1.165, 1.54) is 5.57 Å². The minimum Gasteiger partial charge on any atom is -0.458 e. The molecule has 98 valence electrons. The van der Waals surface area contributed by atoms with Crippen LogP contribution in [0.4, 0.5) is 0 Å². The third-order valence-electron chi connectivity index (χ3n) is 5.26. The Morgan fingerprint density at radius 3 is 2.83 bits per heavy atom. The molecule has 1 aliphatic heterocycles. The molecule has 0 aromatic heterocycles. The lowest BCUT2D eigenvalue weighted by Gasteiger charge is -2.52. The largest absolute Gasteiger partial charge is 0.458 e. The lowest BCUT2D eigenvalue weighted by molar-refractivity contribution is -0.144. The topological polar surface area (TPSA) is 26.3 Å². The Balaban J connectivity index is 2.00. The monoisotopic (exact) mass is 310 g/mol. The maximum Gasteiger partial charge on any atom is 0.334 e. The molecule has 3 rings (SSSR count). The highest BCUT2D eigenvalue weighted by Crippen LogP contribution is 2.58. The number of halogens is 1. The molecule has 18 heavy (non-hydrogen) atoms. The van der Waals surface area contributed by atoms with Crippen molar-refractivity contribution in [1.29, 1.82) is 0 Å². The molecular weight excluding hydrogens is 292 g/mol. The number of alkyl halides is 1. The lowest BCUT2D eigenvalue weighted by atomic mass is 9.55. The maximum atomic E-state index is 11.7. The Morgan fingerprint density at radius 1 is 1.39 bits per heavy atom. The average molecular weight is 311 g/mol. The molecule has 0 aromatic carbocycles. The van der Waals surface area contributed by atoms with Gasteiger partial charge in [0.1, 0.15) is 6.10 Å². The van der Waals surface area contributed by atoms with Crippen LogP contribution in [0.2, 0.25) is 0 Å². The van der Waals surface area contributed by atoms with Crippen molar-refractivity contribution in [3.63, 3.8) is 0 Å². The minimum absolute atomic E-state index is 0.0170. The summed E-state index contributed by atoms with van der Waals surface area (Å²) in [6, 6.07) is 0. The summed E-state index contributed by atoms with van der Waals surface area (Å²) >= 11 is 3.84. The normalized spacial score (nSPS) is 47.6. The van der Waals surface area contributed by atoms with Gasteiger partial charge in [-0.05, 0) is 31.1 Å². The summed E-state index contributed by atoms with van der Waals surface area (Å²) in [7, 11) is 0. The van der Waals surface area contributed by atoms with Gasteiger partial charge in [0, 0.05) is 22.2 Å². The molecule has 0 spiro atoms. The molecule has 3 fully saturated rings. The van der Waals surface area contributed by atoms with Crippen LogP contribution in [0, 0.1) is 17.3 Å². The number of carbonyl (C=O) groups excluding carboxylic acids is 1. The van der Waals surface area contributed by atoms with Crippen molar-refractivity contribution in [3.8, 4) is 0 Å². The third-order valence-corrected chi connectivity index (χ3v) is 6.76. The van der Waals surface area contributed by atoms with Gasteiger partial charge in [-0.1, -0.05) is 41.6 Å². The summed E-state index contributed by atoms with van der Waals surface area (Å²) in [5, 5.41) is 0. The number of esters is 1. The first-order chi connectivity index (χ1) is 8.45. The molecule has 3 aliphatic rings. The van der Waals surface area contributed by atoms with Crippen molar-refractivity contribution in [2.45, 2.75) is 43.5 Å². The average Bonchev–Trinajstić information content (AvgIpc) is 2.60. The molecule has 0 radical (unpaired) electrons. The van der Waals surface area contributed by atoms with Crippen molar-refractivity contribution in [2.75, 3.05) is 0 Å². The summed E-state index contributed by atoms with van der Waals surface area (Å²) in [5.41, 5.74) is 2.10. The van der Waals surface area contributed by atoms with Crippen LogP contribution in [0.5, 0.6) is 0 Å². The summed E-state index contributed by atoms with van der Waals surface area (Å²) in [5.74, 6) is 0.307. The summed E-state index contributed by atoms with van der Waals surface area (Å²) in [4.78, 5) is 12.2. The number of hydrogen-bond donors (Lipinski definition) is 0. The molecule has 3 heteroatoms. The van der Waals surface area contributed by atoms with Crippen LogP contribution < -0.4 is 0 Å². The van der Waals surface area contributed by atoms with Gasteiger partial charge in [0.15, 0.2) is 0 Å². The Labute approximate surface area is 117 Å². The quantitative estimate of drug-likeness (QED) is 0.296. The predicted octanol–water partition coefficient (Wildman–Crippen LogP) is 3.61. The molecule has 2 nitrogen and oxygen atoms in total. The second-order valence-corrected chi connectivity index (χ2v) is 7.29. The van der Waals surface area contributed by atoms with Gasteiger partial charge in [0.25, 0.3) is 0 Å². The first-order valence-electron chi connectivity index (χ1n) is 6.66. The number of ether oxygens (including phenoxy) is 1. The van der Waals surface area contributed by atoms with E-state index < -0.39 is 0 Å². The molecule has 5 atom stereocenters. The van der Waals surface area contributed by atoms with Crippen LogP contribution >= 0.6 is 15.9 Å². The third kappa shape index (κ3) is 1.49. The maximum absolute atomic E-state index is 11.7. The Morgan fingerprint density at radius 2 is 2.11 bits per heavy atom. The van der Waals surface area contributed by atoms with Gasteiger partial charge in [-0.25, -0.2) is 4.79 Å². The van der Waals surface area contributed by atoms with Crippen molar-refractivity contribution >= 4 is 21.9 Å². The summed E-state index contributed by atoms with van der Waals surface area (Å²) in [6.07, 6.45) is 4.28. The number of fused-ring (bicyclic) bond motifs is 3. The van der Waals surface area contributed by atoms with Gasteiger partial charge < -0.3 is 4.74 Å². The van der Waals surface area contributed by atoms with E-state index in [2.05, 4.69) is 36.0 Å². The molecule has 1 saturated heterocycles. The fraction of sp³-hybridized carbons (Fsp3) is 0.667. The molecular formula is C15H19BrO2. The van der Waals surface area contributed by atoms with Crippen LogP contribution in [0.3, 0.4) is 0 Å². The first kappa shape index (κ1) is 12.5. The Bertz CT molecular complexity index is 442. The Hall–Kier alpha value is -0.570. The fourth-order valence-electron chi connectivity index (χ4n) is 4.11. The van der Waals surface area contributed by atoms with Gasteiger partial charge in [0.2, 0.25) is 0 Å². The summed E-state index contributed by atoms with van der Waals surface area (Å²) < 4.78 is 5.61. The highest BCUT2D eigenvalue weighted by molar-refractivity contribution is 9.09. The molecule has 2 saturated carbocycles. The Kier molecular flexibility index (Phi) is 2.74. The van der Waals surface area contributed by atoms with Crippen molar-refractivity contribution in [2.24, 2.45) is 17.3 Å². The molecule has 1 unspecified atom stereocenters. The van der Waals surface area contributed by atoms with Crippen LogP contribution in [-0.2, 0) is 9.53 Å². The number of carbonyl (C=O) groups is 1. The van der Waals surface area contributed by atoms with E-state index in [0.717, 1.165) is 25.7 Å². The van der Waals surface area contributed by atoms with Crippen molar-refractivity contribution in [1.82, 2.24) is 0 Å². The van der Waals surface area contributed by atoms with Crippen LogP contribution in [0.1, 0.15) is 32.6 Å². The second-order valence-electron chi connectivity index (χ2n) is 6.19. The SMILES string of the molecule is C=C1CC[C@@H](Br)[C@]2(C)CC[C@H]3C(=C)C(=O)O[C@@H]3C12. The van der Waals surface area contributed by atoms with E-state index in [-0.39, 0.29) is 29.3 Å². The number of hydrogen-bond acceptors (Lipinski definition) is 2. The zero-order valence-corrected chi connectivity index (χ0v) is 12.3. The van der Waals surface area contributed by atoms with Gasteiger partial charge in [-0.15, -0.1) is 0 Å². The van der Waals surface area contributed by atoms with Gasteiger partial charge >= 0.3 is 5.97 Å². The highest BCUT2D eigenvalue weighted by atomic mass is 79.9. The predicted molar refractivity (Wildman–Crippen MR) is 74.4 cm³/mol. The minimum atomic E-state index is -0.196. The van der Waals surface area contributed by atoms with E-state index >= 15 is 0 Å². The first-order valence-corrected chi connectivity index (χ1v) is 7.58. The zero-order chi connectivity index (χ0) is 13.1. The fourth-order valence-corrected chi connectivity index (χ4v) is 4.86. The molecule has 1 heterocycles. The van der Waals surface area contributed by atoms with E-state index in [9.17, 15) is 4.79 Å². The van der Waals surface area contributed by atoms with Crippen molar-refractivity contribution < 1.29 is 9.53 Å². The van der Waals surface area contributed by atoms with Crippen molar-refractivity contribution in [3.05, 3.63) is 24.3 Å². The van der Waals surface area contributed by atoms with E-state index in [1.807, 2.05) is 0 Å². The summed E-state index contributed by atoms with van der Waals surface area (Å²) in [6.45, 7) is 10.5. The van der Waals surface area contributed by atoms with E-state index in [1.54, 1.807) is 0 Å². The van der Waals surface area contributed by atoms with Crippen LogP contribution in [-0.4, -0.2) is 16.9 Å². The van der Waals surface area contributed by atoms with E-state index in [0.29, 0.717) is 10.4 Å². The second kappa shape index (κ2) is 3.96. The zero-order valence-electron chi connectivity index (χ0n) is 10.7. The highest BCUT2D eigenvalue weighted by Gasteiger charge is 2.57. The van der Waals surface area contributed by atoms with Gasteiger partial charge in [-0.3, -0.25) is 0 Å². The van der Waals surface area contributed by atoms with Gasteiger partial charge in [0.05, 0.1) is 0 Å². The number of rotatable bonds is 0. The molecule has 0 N–H and O–H groups in total. The van der Waals surface area contributed by atoms with E-state index in [4.69, 9.17) is 4.74 Å². The van der Waals surface area contributed by atoms with Crippen LogP contribution in [0.15, 0.2) is 24.3 Å². The molecule has 0 amide bonds. The standard InChI is InChI=1S/C15H19BrO2/c1-8-4-5-11(16)15(3)7-6-10-9(2)14(17)18-13(10)12(8)15/h10-13H,1-2,4-7H2,3H3/t10-,11+,12?,13-,15-/m0/s1.